The molecule has 3 atom stereocenters. The topological polar surface area (TPSA) is 84.5 Å². The molecule has 2 aromatic rings. The summed E-state index contributed by atoms with van der Waals surface area (Å²) in [6.07, 6.45) is 3.89. The van der Waals surface area contributed by atoms with Crippen LogP contribution in [0.2, 0.25) is 0 Å². The fourth-order valence-corrected chi connectivity index (χ4v) is 6.82. The van der Waals surface area contributed by atoms with Gasteiger partial charge < -0.3 is 9.47 Å². The molecule has 2 aliphatic heterocycles. The molecule has 30 heavy (non-hydrogen) atoms. The third-order valence-corrected chi connectivity index (χ3v) is 8.09. The van der Waals surface area contributed by atoms with Gasteiger partial charge in [-0.15, -0.1) is 0 Å². The molecule has 0 saturated carbocycles. The fraction of sp³-hybridized carbons (Fsp3) is 0.591. The van der Waals surface area contributed by atoms with E-state index in [0.29, 0.717) is 29.5 Å². The van der Waals surface area contributed by atoms with Gasteiger partial charge in [0, 0.05) is 18.7 Å². The zero-order valence-electron chi connectivity index (χ0n) is 17.9. The molecule has 7 nitrogen and oxygen atoms in total. The van der Waals surface area contributed by atoms with Crippen molar-refractivity contribution in [2.24, 2.45) is 0 Å². The van der Waals surface area contributed by atoms with Crippen molar-refractivity contribution in [1.82, 2.24) is 15.1 Å². The molecule has 0 amide bonds. The standard InChI is InChI=1S/C22H31N3O4S/c1-4-28-13-17-5-9-20(10-6-17)29-21-11-18-7-8-19(12-21)25(18)14-30(26,27)22-15(2)23-24-16(22)3/h5-6,9-10,18-19,21H,4,7-8,11-14H2,1-3H3,(H,23,24)/t18-,19+,21-. The van der Waals surface area contributed by atoms with E-state index in [4.69, 9.17) is 9.47 Å². The normalized spacial score (nSPS) is 24.3. The Balaban J connectivity index is 1.39. The molecule has 4 rings (SSSR count). The lowest BCUT2D eigenvalue weighted by Gasteiger charge is -2.38. The second-order valence-corrected chi connectivity index (χ2v) is 10.3. The van der Waals surface area contributed by atoms with E-state index in [1.807, 2.05) is 31.2 Å². The van der Waals surface area contributed by atoms with E-state index in [2.05, 4.69) is 15.1 Å². The Labute approximate surface area is 178 Å². The minimum Gasteiger partial charge on any atom is -0.490 e. The van der Waals surface area contributed by atoms with Crippen LogP contribution in [0.25, 0.3) is 0 Å². The number of aromatic nitrogens is 2. The van der Waals surface area contributed by atoms with Crippen molar-refractivity contribution in [2.75, 3.05) is 12.5 Å². The summed E-state index contributed by atoms with van der Waals surface area (Å²) >= 11 is 0. The zero-order chi connectivity index (χ0) is 21.3. The number of piperidine rings is 1. The average molecular weight is 434 g/mol. The minimum absolute atomic E-state index is 0.0579. The first-order chi connectivity index (χ1) is 14.4. The summed E-state index contributed by atoms with van der Waals surface area (Å²) in [5.41, 5.74) is 2.30. The predicted octanol–water partition coefficient (Wildman–Crippen LogP) is 3.37. The highest BCUT2D eigenvalue weighted by molar-refractivity contribution is 7.91. The number of aryl methyl sites for hydroxylation is 2. The summed E-state index contributed by atoms with van der Waals surface area (Å²) in [6, 6.07) is 8.56. The van der Waals surface area contributed by atoms with Gasteiger partial charge in [0.25, 0.3) is 0 Å². The SMILES string of the molecule is CCOCc1ccc(O[C@@H]2C[C@H]3CC[C@@H](C2)N3CS(=O)(=O)c2c(C)n[nH]c2C)cc1. The molecule has 2 fully saturated rings. The van der Waals surface area contributed by atoms with Crippen LogP contribution in [0, 0.1) is 13.8 Å². The number of H-pyrrole nitrogens is 1. The number of nitrogens with zero attached hydrogens (tertiary/aromatic N) is 2. The van der Waals surface area contributed by atoms with Crippen molar-refractivity contribution in [2.45, 2.75) is 76.1 Å². The van der Waals surface area contributed by atoms with Crippen molar-refractivity contribution in [3.05, 3.63) is 41.2 Å². The number of ether oxygens (including phenoxy) is 2. The molecule has 3 heterocycles. The summed E-state index contributed by atoms with van der Waals surface area (Å²) in [7, 11) is -3.41. The second-order valence-electron chi connectivity index (χ2n) is 8.40. The Morgan fingerprint density at radius 3 is 2.37 bits per heavy atom. The van der Waals surface area contributed by atoms with Gasteiger partial charge in [0.15, 0.2) is 9.84 Å². The molecule has 2 saturated heterocycles. The molecule has 1 aromatic heterocycles. The Hall–Kier alpha value is -1.90. The van der Waals surface area contributed by atoms with Gasteiger partial charge in [0.1, 0.15) is 22.6 Å². The first kappa shape index (κ1) is 21.3. The number of sulfone groups is 1. The second kappa shape index (κ2) is 8.69. The van der Waals surface area contributed by atoms with E-state index in [1.54, 1.807) is 13.8 Å². The highest BCUT2D eigenvalue weighted by atomic mass is 32.2. The van der Waals surface area contributed by atoms with Crippen molar-refractivity contribution in [3.8, 4) is 5.75 Å². The van der Waals surface area contributed by atoms with Crippen LogP contribution >= 0.6 is 0 Å². The highest BCUT2D eigenvalue weighted by Crippen LogP contribution is 2.38. The quantitative estimate of drug-likeness (QED) is 0.687. The summed E-state index contributed by atoms with van der Waals surface area (Å²) in [6.45, 7) is 6.81. The first-order valence-corrected chi connectivity index (χ1v) is 12.4. The van der Waals surface area contributed by atoms with Gasteiger partial charge in [-0.2, -0.15) is 5.10 Å². The van der Waals surface area contributed by atoms with Crippen LogP contribution < -0.4 is 4.74 Å². The molecule has 0 aliphatic carbocycles. The first-order valence-electron chi connectivity index (χ1n) is 10.7. The zero-order valence-corrected chi connectivity index (χ0v) is 18.7. The molecule has 0 unspecified atom stereocenters. The molecule has 0 radical (unpaired) electrons. The summed E-state index contributed by atoms with van der Waals surface area (Å²) in [5.74, 6) is 0.924. The lowest BCUT2D eigenvalue weighted by Crippen LogP contribution is -2.48. The molecular formula is C22H31N3O4S. The van der Waals surface area contributed by atoms with Gasteiger partial charge in [0.05, 0.1) is 18.0 Å². The van der Waals surface area contributed by atoms with Gasteiger partial charge in [-0.05, 0) is 64.2 Å². The Morgan fingerprint density at radius 1 is 1.13 bits per heavy atom. The lowest BCUT2D eigenvalue weighted by atomic mass is 10.0. The minimum atomic E-state index is -3.41. The van der Waals surface area contributed by atoms with Crippen LogP contribution in [0.4, 0.5) is 0 Å². The maximum atomic E-state index is 13.1. The van der Waals surface area contributed by atoms with Gasteiger partial charge in [-0.25, -0.2) is 8.42 Å². The van der Waals surface area contributed by atoms with Gasteiger partial charge >= 0.3 is 0 Å². The number of fused-ring (bicyclic) bond motifs is 2. The van der Waals surface area contributed by atoms with E-state index in [9.17, 15) is 8.42 Å². The lowest BCUT2D eigenvalue weighted by molar-refractivity contribution is 0.0608. The summed E-state index contributed by atoms with van der Waals surface area (Å²) < 4.78 is 37.8. The van der Waals surface area contributed by atoms with E-state index < -0.39 is 9.84 Å². The molecule has 1 N–H and O–H groups in total. The predicted molar refractivity (Wildman–Crippen MR) is 114 cm³/mol. The van der Waals surface area contributed by atoms with E-state index in [-0.39, 0.29) is 24.1 Å². The van der Waals surface area contributed by atoms with Gasteiger partial charge in [-0.1, -0.05) is 12.1 Å². The van der Waals surface area contributed by atoms with Crippen molar-refractivity contribution in [3.63, 3.8) is 0 Å². The molecule has 2 bridgehead atoms. The third-order valence-electron chi connectivity index (χ3n) is 6.23. The Kier molecular flexibility index (Phi) is 6.18. The number of nitrogens with one attached hydrogen (secondary N) is 1. The van der Waals surface area contributed by atoms with Crippen LogP contribution in [-0.2, 0) is 21.2 Å². The van der Waals surface area contributed by atoms with E-state index in [1.165, 1.54) is 0 Å². The van der Waals surface area contributed by atoms with Crippen LogP contribution in [0.1, 0.15) is 49.6 Å². The molecule has 164 valence electrons. The van der Waals surface area contributed by atoms with Crippen molar-refractivity contribution >= 4 is 9.84 Å². The highest BCUT2D eigenvalue weighted by Gasteiger charge is 2.43. The smallest absolute Gasteiger partial charge is 0.195 e. The molecule has 0 spiro atoms. The van der Waals surface area contributed by atoms with Crippen LogP contribution in [0.5, 0.6) is 5.75 Å². The van der Waals surface area contributed by atoms with Crippen LogP contribution in [0.3, 0.4) is 0 Å². The van der Waals surface area contributed by atoms with Crippen molar-refractivity contribution in [1.29, 1.82) is 0 Å². The number of rotatable bonds is 8. The summed E-state index contributed by atoms with van der Waals surface area (Å²) in [5, 5.41) is 6.85. The molecular weight excluding hydrogens is 402 g/mol. The Morgan fingerprint density at radius 2 is 1.80 bits per heavy atom. The Bertz CT molecular complexity index is 937. The largest absolute Gasteiger partial charge is 0.490 e. The van der Waals surface area contributed by atoms with E-state index in [0.717, 1.165) is 37.0 Å². The van der Waals surface area contributed by atoms with Gasteiger partial charge in [0.2, 0.25) is 0 Å². The monoisotopic (exact) mass is 433 g/mol. The van der Waals surface area contributed by atoms with Gasteiger partial charge in [-0.3, -0.25) is 10.00 Å². The number of benzene rings is 1. The average Bonchev–Trinajstić information content (AvgIpc) is 3.15. The fourth-order valence-electron chi connectivity index (χ4n) is 4.87. The molecule has 1 aromatic carbocycles. The summed E-state index contributed by atoms with van der Waals surface area (Å²) in [4.78, 5) is 2.53. The number of hydrogen-bond donors (Lipinski definition) is 1. The maximum absolute atomic E-state index is 13.1. The van der Waals surface area contributed by atoms with Crippen molar-refractivity contribution < 1.29 is 17.9 Å². The van der Waals surface area contributed by atoms with E-state index >= 15 is 0 Å². The number of hydrogen-bond acceptors (Lipinski definition) is 6. The van der Waals surface area contributed by atoms with Crippen LogP contribution in [-0.4, -0.2) is 54.2 Å². The molecule has 2 aliphatic rings. The number of aromatic amines is 1. The third kappa shape index (κ3) is 4.40. The van der Waals surface area contributed by atoms with Crippen LogP contribution in [0.15, 0.2) is 29.2 Å². The molecule has 8 heteroatoms. The maximum Gasteiger partial charge on any atom is 0.195 e.